The smallest absolute Gasteiger partial charge is 0.315 e. The highest BCUT2D eigenvalue weighted by atomic mass is 16.2. The van der Waals surface area contributed by atoms with Gasteiger partial charge < -0.3 is 10.6 Å². The molecule has 2 N–H and O–H groups in total. The van der Waals surface area contributed by atoms with Crippen molar-refractivity contribution in [3.63, 3.8) is 0 Å². The summed E-state index contributed by atoms with van der Waals surface area (Å²) in [5.74, 6) is 0. The van der Waals surface area contributed by atoms with Crippen LogP contribution in [0.4, 0.5) is 4.79 Å². The monoisotopic (exact) mass is 304 g/mol. The number of fused-ring (bicyclic) bond motifs is 2. The first-order chi connectivity index (χ1) is 9.84. The molecule has 0 aromatic heterocycles. The zero-order valence-corrected chi connectivity index (χ0v) is 15.2. The molecular weight excluding hydrogens is 272 g/mol. The Morgan fingerprint density at radius 1 is 0.864 bits per heavy atom. The predicted molar refractivity (Wildman–Crippen MR) is 88.6 cm³/mol. The fourth-order valence-corrected chi connectivity index (χ4v) is 8.13. The van der Waals surface area contributed by atoms with Crippen LogP contribution in [0.5, 0.6) is 0 Å². The summed E-state index contributed by atoms with van der Waals surface area (Å²) in [6, 6.07) is 0.0282. The summed E-state index contributed by atoms with van der Waals surface area (Å²) in [6.07, 6.45) is 7.67. The summed E-state index contributed by atoms with van der Waals surface area (Å²) in [5, 5.41) is 6.56. The number of carbonyl (C=O) groups is 1. The largest absolute Gasteiger partial charge is 0.334 e. The number of rotatable bonds is 1. The fourth-order valence-electron chi connectivity index (χ4n) is 8.13. The molecule has 3 nitrogen and oxygen atoms in total. The van der Waals surface area contributed by atoms with Gasteiger partial charge in [0.2, 0.25) is 0 Å². The van der Waals surface area contributed by atoms with Crippen molar-refractivity contribution in [1.82, 2.24) is 10.6 Å². The van der Waals surface area contributed by atoms with Crippen LogP contribution >= 0.6 is 0 Å². The maximum absolute atomic E-state index is 12.5. The number of hydrogen-bond donors (Lipinski definition) is 2. The topological polar surface area (TPSA) is 41.1 Å². The van der Waals surface area contributed by atoms with Crippen LogP contribution in [0.2, 0.25) is 0 Å². The molecule has 0 heterocycles. The lowest BCUT2D eigenvalue weighted by molar-refractivity contribution is -0.157. The zero-order valence-electron chi connectivity index (χ0n) is 15.2. The number of carbonyl (C=O) groups excluding carboxylic acids is 1. The lowest BCUT2D eigenvalue weighted by atomic mass is 9.40. The maximum Gasteiger partial charge on any atom is 0.315 e. The Labute approximate surface area is 135 Å². The van der Waals surface area contributed by atoms with Gasteiger partial charge in [-0.2, -0.15) is 0 Å². The molecule has 1 spiro atoms. The highest BCUT2D eigenvalue weighted by molar-refractivity contribution is 5.76. The minimum atomic E-state index is -0.174. The van der Waals surface area contributed by atoms with Crippen LogP contribution in [-0.4, -0.2) is 17.1 Å². The first kappa shape index (κ1) is 14.8. The molecule has 124 valence electrons. The molecule has 4 saturated carbocycles. The second-order valence-corrected chi connectivity index (χ2v) is 11.2. The van der Waals surface area contributed by atoms with E-state index in [0.717, 1.165) is 0 Å². The quantitative estimate of drug-likeness (QED) is 0.748. The Kier molecular flexibility index (Phi) is 2.37. The van der Waals surface area contributed by atoms with E-state index in [1.54, 1.807) is 0 Å². The third-order valence-corrected chi connectivity index (χ3v) is 7.64. The van der Waals surface area contributed by atoms with Gasteiger partial charge >= 0.3 is 6.03 Å². The van der Waals surface area contributed by atoms with E-state index in [0.29, 0.717) is 21.7 Å². The third kappa shape index (κ3) is 1.61. The van der Waals surface area contributed by atoms with Crippen molar-refractivity contribution < 1.29 is 4.79 Å². The lowest BCUT2D eigenvalue weighted by Gasteiger charge is -2.64. The molecule has 4 aliphatic rings. The van der Waals surface area contributed by atoms with E-state index in [1.807, 2.05) is 20.8 Å². The molecule has 3 heteroatoms. The van der Waals surface area contributed by atoms with Crippen LogP contribution in [0.15, 0.2) is 0 Å². The highest BCUT2D eigenvalue weighted by Gasteiger charge is 2.83. The molecule has 4 rings (SSSR count). The number of hydrogen-bond acceptors (Lipinski definition) is 1. The fraction of sp³-hybridized carbons (Fsp3) is 0.947. The predicted octanol–water partition coefficient (Wildman–Crippen LogP) is 4.22. The molecule has 0 aromatic carbocycles. The molecule has 4 fully saturated rings. The van der Waals surface area contributed by atoms with E-state index >= 15 is 0 Å². The molecule has 2 amide bonds. The lowest BCUT2D eigenvalue weighted by Crippen LogP contribution is -2.58. The normalized spacial score (nSPS) is 54.8. The summed E-state index contributed by atoms with van der Waals surface area (Å²) in [4.78, 5) is 12.5. The molecule has 3 bridgehead atoms. The molecule has 5 atom stereocenters. The van der Waals surface area contributed by atoms with Gasteiger partial charge in [-0.05, 0) is 81.0 Å². The van der Waals surface area contributed by atoms with Crippen LogP contribution < -0.4 is 10.6 Å². The SMILES string of the molecule is CC12CC3(NC(=O)NC(C)(C)C)CC4(C)CC(C)(C1)C4(C2)C3. The Morgan fingerprint density at radius 2 is 1.50 bits per heavy atom. The summed E-state index contributed by atoms with van der Waals surface area (Å²) < 4.78 is 0. The second kappa shape index (κ2) is 3.52. The van der Waals surface area contributed by atoms with Gasteiger partial charge in [0.25, 0.3) is 0 Å². The van der Waals surface area contributed by atoms with Gasteiger partial charge in [0.15, 0.2) is 0 Å². The first-order valence-corrected chi connectivity index (χ1v) is 8.95. The summed E-state index contributed by atoms with van der Waals surface area (Å²) in [5.41, 5.74) is 1.75. The Morgan fingerprint density at radius 3 is 2.14 bits per heavy atom. The second-order valence-electron chi connectivity index (χ2n) is 11.2. The van der Waals surface area contributed by atoms with Crippen molar-refractivity contribution in [3.05, 3.63) is 0 Å². The first-order valence-electron chi connectivity index (χ1n) is 8.95. The molecule has 0 aromatic rings. The van der Waals surface area contributed by atoms with E-state index < -0.39 is 0 Å². The van der Waals surface area contributed by atoms with Crippen LogP contribution in [0.3, 0.4) is 0 Å². The zero-order chi connectivity index (χ0) is 16.2. The van der Waals surface area contributed by atoms with Crippen LogP contribution in [-0.2, 0) is 0 Å². The van der Waals surface area contributed by atoms with Crippen LogP contribution in [0.1, 0.15) is 80.1 Å². The molecule has 5 unspecified atom stereocenters. The van der Waals surface area contributed by atoms with Crippen molar-refractivity contribution >= 4 is 6.03 Å². The van der Waals surface area contributed by atoms with Gasteiger partial charge in [0.05, 0.1) is 0 Å². The summed E-state index contributed by atoms with van der Waals surface area (Å²) in [7, 11) is 0. The highest BCUT2D eigenvalue weighted by Crippen LogP contribution is 2.89. The van der Waals surface area contributed by atoms with Crippen LogP contribution in [0, 0.1) is 21.7 Å². The third-order valence-electron chi connectivity index (χ3n) is 7.64. The van der Waals surface area contributed by atoms with E-state index in [4.69, 9.17) is 0 Å². The standard InChI is InChI=1S/C19H32N2O/c1-14(2,3)20-13(22)21-18-8-15(4)7-16(5)10-17(6,11-18)19(16,9-15)12-18/h7-12H2,1-6H3,(H2,20,21,22). The van der Waals surface area contributed by atoms with Crippen molar-refractivity contribution in [2.45, 2.75) is 91.1 Å². The molecule has 0 radical (unpaired) electrons. The Bertz CT molecular complexity index is 562. The van der Waals surface area contributed by atoms with Crippen molar-refractivity contribution in [3.8, 4) is 0 Å². The molecule has 0 saturated heterocycles. The minimum Gasteiger partial charge on any atom is -0.334 e. The molecule has 22 heavy (non-hydrogen) atoms. The van der Waals surface area contributed by atoms with Gasteiger partial charge in [0.1, 0.15) is 0 Å². The number of urea groups is 1. The van der Waals surface area contributed by atoms with Gasteiger partial charge in [-0.3, -0.25) is 0 Å². The Balaban J connectivity index is 1.64. The number of amides is 2. The molecule has 4 aliphatic carbocycles. The van der Waals surface area contributed by atoms with Crippen molar-refractivity contribution in [2.24, 2.45) is 21.7 Å². The van der Waals surface area contributed by atoms with E-state index in [2.05, 4.69) is 31.4 Å². The van der Waals surface area contributed by atoms with E-state index in [1.165, 1.54) is 38.5 Å². The maximum atomic E-state index is 12.5. The van der Waals surface area contributed by atoms with E-state index in [9.17, 15) is 4.79 Å². The van der Waals surface area contributed by atoms with Crippen molar-refractivity contribution in [1.29, 1.82) is 0 Å². The molecular formula is C19H32N2O. The van der Waals surface area contributed by atoms with Gasteiger partial charge in [-0.15, -0.1) is 0 Å². The van der Waals surface area contributed by atoms with Gasteiger partial charge in [0, 0.05) is 11.1 Å². The van der Waals surface area contributed by atoms with E-state index in [-0.39, 0.29) is 17.1 Å². The van der Waals surface area contributed by atoms with Gasteiger partial charge in [-0.1, -0.05) is 20.8 Å². The summed E-state index contributed by atoms with van der Waals surface area (Å²) in [6.45, 7) is 13.6. The average Bonchev–Trinajstić information content (AvgIpc) is 2.44. The average molecular weight is 304 g/mol. The van der Waals surface area contributed by atoms with Crippen LogP contribution in [0.25, 0.3) is 0 Å². The van der Waals surface area contributed by atoms with Crippen molar-refractivity contribution in [2.75, 3.05) is 0 Å². The van der Waals surface area contributed by atoms with Gasteiger partial charge in [-0.25, -0.2) is 4.79 Å². The Hall–Kier alpha value is -0.730. The number of nitrogens with one attached hydrogen (secondary N) is 2. The molecule has 0 aliphatic heterocycles. The minimum absolute atomic E-state index is 0.0282. The summed E-state index contributed by atoms with van der Waals surface area (Å²) >= 11 is 0.